The number of aliphatic carboxylic acids is 1. The number of hydrogen-bond acceptors (Lipinski definition) is 3. The van der Waals surface area contributed by atoms with E-state index in [0.29, 0.717) is 18.8 Å². The molecule has 1 unspecified atom stereocenters. The van der Waals surface area contributed by atoms with Crippen molar-refractivity contribution in [3.05, 3.63) is 0 Å². The van der Waals surface area contributed by atoms with Gasteiger partial charge in [0.2, 0.25) is 5.91 Å². The van der Waals surface area contributed by atoms with Crippen LogP contribution in [0.3, 0.4) is 0 Å². The molecular weight excluding hydrogens is 268 g/mol. The fraction of sp³-hybridized carbons (Fsp3) is 0.875. The molecule has 1 aliphatic carbocycles. The Bertz CT molecular complexity index is 391. The van der Waals surface area contributed by atoms with Crippen LogP contribution in [-0.2, 0) is 9.59 Å². The molecule has 0 aromatic carbocycles. The van der Waals surface area contributed by atoms with E-state index in [1.54, 1.807) is 0 Å². The minimum atomic E-state index is -0.813. The fourth-order valence-electron chi connectivity index (χ4n) is 3.90. The molecule has 2 rings (SSSR count). The minimum Gasteiger partial charge on any atom is -0.481 e. The van der Waals surface area contributed by atoms with Crippen molar-refractivity contribution >= 4 is 11.9 Å². The second-order valence-corrected chi connectivity index (χ2v) is 6.74. The highest BCUT2D eigenvalue weighted by Crippen LogP contribution is 2.38. The maximum absolute atomic E-state index is 12.7. The van der Waals surface area contributed by atoms with Gasteiger partial charge in [0.05, 0.1) is 11.8 Å². The van der Waals surface area contributed by atoms with Gasteiger partial charge in [0, 0.05) is 26.2 Å². The van der Waals surface area contributed by atoms with Crippen molar-refractivity contribution in [1.29, 1.82) is 0 Å². The van der Waals surface area contributed by atoms with Gasteiger partial charge >= 0.3 is 5.97 Å². The Morgan fingerprint density at radius 3 is 2.29 bits per heavy atom. The lowest BCUT2D eigenvalue weighted by Crippen LogP contribution is -2.48. The van der Waals surface area contributed by atoms with Gasteiger partial charge in [0.15, 0.2) is 0 Å². The third-order valence-corrected chi connectivity index (χ3v) is 5.33. The number of amides is 1. The summed E-state index contributed by atoms with van der Waals surface area (Å²) >= 11 is 0. The summed E-state index contributed by atoms with van der Waals surface area (Å²) in [7, 11) is 1.86. The van der Waals surface area contributed by atoms with Gasteiger partial charge in [-0.1, -0.05) is 13.8 Å². The number of likely N-dealkylation sites (tertiary alicyclic amines) is 1. The zero-order valence-electron chi connectivity index (χ0n) is 13.4. The van der Waals surface area contributed by atoms with Crippen LogP contribution >= 0.6 is 0 Å². The van der Waals surface area contributed by atoms with Crippen molar-refractivity contribution in [2.24, 2.45) is 17.8 Å². The van der Waals surface area contributed by atoms with Gasteiger partial charge in [-0.2, -0.15) is 0 Å². The molecular formula is C16H28N2O3. The summed E-state index contributed by atoms with van der Waals surface area (Å²) in [5.41, 5.74) is 0. The number of piperidine rings is 1. The van der Waals surface area contributed by atoms with Gasteiger partial charge in [-0.05, 0) is 38.1 Å². The summed E-state index contributed by atoms with van der Waals surface area (Å²) < 4.78 is 0. The summed E-state index contributed by atoms with van der Waals surface area (Å²) in [6.45, 7) is 7.32. The van der Waals surface area contributed by atoms with E-state index >= 15 is 0 Å². The third-order valence-electron chi connectivity index (χ3n) is 5.33. The third kappa shape index (κ3) is 3.57. The Hall–Kier alpha value is -1.10. The van der Waals surface area contributed by atoms with Crippen LogP contribution < -0.4 is 0 Å². The van der Waals surface area contributed by atoms with Crippen molar-refractivity contribution in [1.82, 2.24) is 9.80 Å². The Kier molecular flexibility index (Phi) is 5.25. The molecule has 5 heteroatoms. The first kappa shape index (κ1) is 16.3. The van der Waals surface area contributed by atoms with Crippen molar-refractivity contribution in [2.45, 2.75) is 45.6 Å². The molecule has 2 fully saturated rings. The SMILES string of the molecule is CCN1CCC(N(C)C(=O)[C@H]2CC(C)C[C@H]2C(=O)O)CC1. The molecule has 0 radical (unpaired) electrons. The van der Waals surface area contributed by atoms with Crippen LogP contribution in [0.5, 0.6) is 0 Å². The predicted molar refractivity (Wildman–Crippen MR) is 80.9 cm³/mol. The topological polar surface area (TPSA) is 60.9 Å². The number of carbonyl (C=O) groups is 2. The molecule has 0 bridgehead atoms. The summed E-state index contributed by atoms with van der Waals surface area (Å²) in [4.78, 5) is 28.3. The van der Waals surface area contributed by atoms with Crippen molar-refractivity contribution < 1.29 is 14.7 Å². The molecule has 1 aliphatic heterocycles. The normalized spacial score (nSPS) is 31.3. The second kappa shape index (κ2) is 6.77. The molecule has 3 atom stereocenters. The highest BCUT2D eigenvalue weighted by Gasteiger charge is 2.43. The summed E-state index contributed by atoms with van der Waals surface area (Å²) in [6, 6.07) is 0.269. The minimum absolute atomic E-state index is 0.0432. The highest BCUT2D eigenvalue weighted by atomic mass is 16.4. The molecule has 1 amide bonds. The van der Waals surface area contributed by atoms with Gasteiger partial charge in [0.25, 0.3) is 0 Å². The lowest BCUT2D eigenvalue weighted by atomic mass is 9.93. The Morgan fingerprint density at radius 2 is 1.76 bits per heavy atom. The van der Waals surface area contributed by atoms with Crippen molar-refractivity contribution in [3.63, 3.8) is 0 Å². The molecule has 1 saturated carbocycles. The fourth-order valence-corrected chi connectivity index (χ4v) is 3.90. The average molecular weight is 296 g/mol. The van der Waals surface area contributed by atoms with Crippen molar-refractivity contribution in [3.8, 4) is 0 Å². The summed E-state index contributed by atoms with van der Waals surface area (Å²) in [6.07, 6.45) is 3.34. The van der Waals surface area contributed by atoms with E-state index < -0.39 is 11.9 Å². The molecule has 1 saturated heterocycles. The lowest BCUT2D eigenvalue weighted by Gasteiger charge is -2.37. The number of hydrogen-bond donors (Lipinski definition) is 1. The van der Waals surface area contributed by atoms with Crippen LogP contribution in [0.4, 0.5) is 0 Å². The molecule has 1 heterocycles. The first-order valence-corrected chi connectivity index (χ1v) is 8.15. The van der Waals surface area contributed by atoms with Gasteiger partial charge < -0.3 is 14.9 Å². The molecule has 1 N–H and O–H groups in total. The monoisotopic (exact) mass is 296 g/mol. The zero-order chi connectivity index (χ0) is 15.6. The Balaban J connectivity index is 1.97. The molecule has 2 aliphatic rings. The van der Waals surface area contributed by atoms with Crippen LogP contribution in [0.25, 0.3) is 0 Å². The lowest BCUT2D eigenvalue weighted by molar-refractivity contribution is -0.149. The van der Waals surface area contributed by atoms with E-state index in [1.807, 2.05) is 18.9 Å². The Labute approximate surface area is 127 Å². The number of carbonyl (C=O) groups excluding carboxylic acids is 1. The smallest absolute Gasteiger partial charge is 0.307 e. The average Bonchev–Trinajstić information content (AvgIpc) is 2.88. The van der Waals surface area contributed by atoms with Crippen LogP contribution in [0.1, 0.15) is 39.5 Å². The molecule has 120 valence electrons. The van der Waals surface area contributed by atoms with Gasteiger partial charge in [-0.25, -0.2) is 0 Å². The van der Waals surface area contributed by atoms with Crippen molar-refractivity contribution in [2.75, 3.05) is 26.7 Å². The molecule has 5 nitrogen and oxygen atoms in total. The van der Waals surface area contributed by atoms with E-state index in [4.69, 9.17) is 0 Å². The quantitative estimate of drug-likeness (QED) is 0.857. The Morgan fingerprint density at radius 1 is 1.19 bits per heavy atom. The van der Waals surface area contributed by atoms with E-state index in [-0.39, 0.29) is 17.9 Å². The van der Waals surface area contributed by atoms with Gasteiger partial charge in [-0.15, -0.1) is 0 Å². The van der Waals surface area contributed by atoms with E-state index in [1.165, 1.54) is 0 Å². The van der Waals surface area contributed by atoms with Gasteiger partial charge in [0.1, 0.15) is 0 Å². The summed E-state index contributed by atoms with van der Waals surface area (Å²) in [5, 5.41) is 9.33. The standard InChI is InChI=1S/C16H28N2O3/c1-4-18-7-5-12(6-8-18)17(3)15(19)13-9-11(2)10-14(13)16(20)21/h11-14H,4-10H2,1-3H3,(H,20,21)/t11?,13-,14+/m0/s1. The number of nitrogens with zero attached hydrogens (tertiary/aromatic N) is 2. The van der Waals surface area contributed by atoms with Gasteiger partial charge in [-0.3, -0.25) is 9.59 Å². The maximum Gasteiger partial charge on any atom is 0.307 e. The number of rotatable bonds is 4. The zero-order valence-corrected chi connectivity index (χ0v) is 13.4. The van der Waals surface area contributed by atoms with Crippen LogP contribution in [0.15, 0.2) is 0 Å². The maximum atomic E-state index is 12.7. The van der Waals surface area contributed by atoms with E-state index in [0.717, 1.165) is 32.5 Å². The van der Waals surface area contributed by atoms with E-state index in [2.05, 4.69) is 11.8 Å². The van der Waals surface area contributed by atoms with Crippen LogP contribution in [-0.4, -0.2) is 59.5 Å². The highest BCUT2D eigenvalue weighted by molar-refractivity contribution is 5.85. The molecule has 0 aromatic rings. The van der Waals surface area contributed by atoms with Crippen LogP contribution in [0, 0.1) is 17.8 Å². The van der Waals surface area contributed by atoms with Crippen LogP contribution in [0.2, 0.25) is 0 Å². The molecule has 0 spiro atoms. The number of carboxylic acid groups (broad SMARTS) is 1. The summed E-state index contributed by atoms with van der Waals surface area (Å²) in [5.74, 6) is -1.26. The second-order valence-electron chi connectivity index (χ2n) is 6.74. The number of carboxylic acids is 1. The molecule has 0 aromatic heterocycles. The van der Waals surface area contributed by atoms with E-state index in [9.17, 15) is 14.7 Å². The molecule has 21 heavy (non-hydrogen) atoms. The first-order chi connectivity index (χ1) is 9.93. The largest absolute Gasteiger partial charge is 0.481 e. The first-order valence-electron chi connectivity index (χ1n) is 8.15. The predicted octanol–water partition coefficient (Wildman–Crippen LogP) is 1.68.